The van der Waals surface area contributed by atoms with Gasteiger partial charge in [-0.1, -0.05) is 11.6 Å². The number of ether oxygens (including phenoxy) is 1. The third kappa shape index (κ3) is 4.82. The Hall–Kier alpha value is -2.85. The molecule has 2 N–H and O–H groups in total. The third-order valence-corrected chi connectivity index (χ3v) is 5.33. The predicted octanol–water partition coefficient (Wildman–Crippen LogP) is 1.89. The van der Waals surface area contributed by atoms with Crippen LogP contribution in [0.1, 0.15) is 13.8 Å². The highest BCUT2D eigenvalue weighted by molar-refractivity contribution is 6.30. The molecule has 2 amide bonds. The van der Waals surface area contributed by atoms with Crippen molar-refractivity contribution < 1.29 is 19.2 Å². The summed E-state index contributed by atoms with van der Waals surface area (Å²) in [5.41, 5.74) is 1.44. The number of amides is 2. The van der Waals surface area contributed by atoms with Crippen molar-refractivity contribution in [1.82, 2.24) is 15.5 Å². The first-order valence-electron chi connectivity index (χ1n) is 9.69. The van der Waals surface area contributed by atoms with E-state index < -0.39 is 16.9 Å². The summed E-state index contributed by atoms with van der Waals surface area (Å²) in [7, 11) is 0. The number of rotatable bonds is 6. The number of nitro groups is 1. The van der Waals surface area contributed by atoms with Crippen LogP contribution in [-0.2, 0) is 9.53 Å². The van der Waals surface area contributed by atoms with E-state index in [0.29, 0.717) is 54.7 Å². The molecule has 1 aromatic rings. The Kier molecular flexibility index (Phi) is 6.78. The van der Waals surface area contributed by atoms with Crippen LogP contribution in [0.15, 0.2) is 29.5 Å². The summed E-state index contributed by atoms with van der Waals surface area (Å²) >= 11 is 5.90. The van der Waals surface area contributed by atoms with Crippen LogP contribution in [0.25, 0.3) is 0 Å². The number of carbonyl (C=O) groups excluding carboxylic acids is 2. The molecule has 1 saturated heterocycles. The number of hydrogen-bond acceptors (Lipinski definition) is 7. The Balaban J connectivity index is 1.72. The number of piperazine rings is 1. The zero-order chi connectivity index (χ0) is 21.8. The fourth-order valence-electron chi connectivity index (χ4n) is 3.68. The van der Waals surface area contributed by atoms with Gasteiger partial charge in [-0.15, -0.1) is 0 Å². The van der Waals surface area contributed by atoms with Crippen LogP contribution in [0, 0.1) is 10.1 Å². The molecule has 1 aromatic carbocycles. The van der Waals surface area contributed by atoms with E-state index in [2.05, 4.69) is 15.5 Å². The van der Waals surface area contributed by atoms with Gasteiger partial charge in [-0.25, -0.2) is 9.59 Å². The number of benzene rings is 1. The summed E-state index contributed by atoms with van der Waals surface area (Å²) in [6, 6.07) is 3.84. The minimum Gasteiger partial charge on any atom is -0.463 e. The molecule has 0 bridgehead atoms. The molecular weight excluding hydrogens is 414 g/mol. The second-order valence-electron chi connectivity index (χ2n) is 7.09. The van der Waals surface area contributed by atoms with E-state index in [1.54, 1.807) is 26.0 Å². The van der Waals surface area contributed by atoms with Gasteiger partial charge in [0.2, 0.25) is 0 Å². The van der Waals surface area contributed by atoms with Crippen molar-refractivity contribution in [2.24, 2.45) is 0 Å². The lowest BCUT2D eigenvalue weighted by molar-refractivity contribution is -0.384. The molecular formula is C19H24ClN5O5. The zero-order valence-electron chi connectivity index (χ0n) is 16.8. The molecule has 2 aliphatic rings. The summed E-state index contributed by atoms with van der Waals surface area (Å²) in [6.07, 6.45) is 0. The third-order valence-electron chi connectivity index (χ3n) is 5.09. The van der Waals surface area contributed by atoms with Gasteiger partial charge in [-0.05, 0) is 26.0 Å². The van der Waals surface area contributed by atoms with Crippen LogP contribution in [0.4, 0.5) is 16.2 Å². The van der Waals surface area contributed by atoms with E-state index >= 15 is 0 Å². The fourth-order valence-corrected chi connectivity index (χ4v) is 3.85. The summed E-state index contributed by atoms with van der Waals surface area (Å²) in [6.45, 7) is 6.43. The molecule has 0 spiro atoms. The van der Waals surface area contributed by atoms with Crippen molar-refractivity contribution in [3.63, 3.8) is 0 Å². The van der Waals surface area contributed by atoms with Crippen LogP contribution >= 0.6 is 11.6 Å². The molecule has 2 heterocycles. The van der Waals surface area contributed by atoms with Crippen molar-refractivity contribution in [2.75, 3.05) is 44.2 Å². The van der Waals surface area contributed by atoms with Gasteiger partial charge in [-0.2, -0.15) is 0 Å². The quantitative estimate of drug-likeness (QED) is 0.396. The van der Waals surface area contributed by atoms with E-state index in [9.17, 15) is 19.7 Å². The molecule has 10 nitrogen and oxygen atoms in total. The Morgan fingerprint density at radius 1 is 1.33 bits per heavy atom. The van der Waals surface area contributed by atoms with Gasteiger partial charge >= 0.3 is 12.0 Å². The first-order valence-corrected chi connectivity index (χ1v) is 10.1. The fraction of sp³-hybridized carbons (Fsp3) is 0.474. The van der Waals surface area contributed by atoms with Crippen molar-refractivity contribution in [1.29, 1.82) is 0 Å². The second-order valence-corrected chi connectivity index (χ2v) is 7.52. The van der Waals surface area contributed by atoms with Crippen LogP contribution in [0.2, 0.25) is 5.02 Å². The van der Waals surface area contributed by atoms with E-state index in [0.717, 1.165) is 0 Å². The number of nitro benzene ring substituents is 1. The number of nitrogens with one attached hydrogen (secondary N) is 2. The summed E-state index contributed by atoms with van der Waals surface area (Å²) in [5, 5.41) is 17.1. The predicted molar refractivity (Wildman–Crippen MR) is 112 cm³/mol. The first kappa shape index (κ1) is 21.8. The lowest BCUT2D eigenvalue weighted by atomic mass is 10.0. The van der Waals surface area contributed by atoms with Gasteiger partial charge in [0, 0.05) is 49.5 Å². The maximum Gasteiger partial charge on any atom is 0.337 e. The minimum atomic E-state index is -0.456. The topological polar surface area (TPSA) is 117 Å². The average molecular weight is 438 g/mol. The lowest BCUT2D eigenvalue weighted by Gasteiger charge is -2.37. The molecule has 162 valence electrons. The molecule has 2 aliphatic heterocycles. The highest BCUT2D eigenvalue weighted by atomic mass is 35.5. The molecule has 0 saturated carbocycles. The molecule has 1 atom stereocenters. The summed E-state index contributed by atoms with van der Waals surface area (Å²) < 4.78 is 5.14. The highest BCUT2D eigenvalue weighted by Crippen LogP contribution is 2.31. The maximum atomic E-state index is 12.4. The molecule has 0 aromatic heterocycles. The first-order chi connectivity index (χ1) is 14.3. The Bertz CT molecular complexity index is 882. The Morgan fingerprint density at radius 3 is 2.67 bits per heavy atom. The molecule has 0 radical (unpaired) electrons. The normalized spacial score (nSPS) is 19.9. The second kappa shape index (κ2) is 9.31. The average Bonchev–Trinajstić information content (AvgIpc) is 2.68. The van der Waals surface area contributed by atoms with E-state index in [4.69, 9.17) is 16.3 Å². The van der Waals surface area contributed by atoms with Gasteiger partial charge in [0.15, 0.2) is 0 Å². The molecule has 1 fully saturated rings. The molecule has 0 aliphatic carbocycles. The van der Waals surface area contributed by atoms with Gasteiger partial charge in [0.25, 0.3) is 5.69 Å². The van der Waals surface area contributed by atoms with Crippen molar-refractivity contribution in [3.8, 4) is 0 Å². The molecule has 3 rings (SSSR count). The van der Waals surface area contributed by atoms with Gasteiger partial charge in [0.1, 0.15) is 5.69 Å². The van der Waals surface area contributed by atoms with Gasteiger partial charge in [0.05, 0.1) is 23.1 Å². The molecule has 30 heavy (non-hydrogen) atoms. The van der Waals surface area contributed by atoms with Gasteiger partial charge in [-0.3, -0.25) is 15.0 Å². The number of anilines is 1. The van der Waals surface area contributed by atoms with E-state index in [1.807, 2.05) is 4.90 Å². The highest BCUT2D eigenvalue weighted by Gasteiger charge is 2.31. The number of halogens is 1. The minimum absolute atomic E-state index is 0.0253. The molecule has 11 heteroatoms. The van der Waals surface area contributed by atoms with Gasteiger partial charge < -0.3 is 20.3 Å². The number of esters is 1. The summed E-state index contributed by atoms with van der Waals surface area (Å²) in [4.78, 5) is 39.2. The van der Waals surface area contributed by atoms with E-state index in [1.165, 1.54) is 6.07 Å². The number of nitrogens with zero attached hydrogens (tertiary/aromatic N) is 3. The monoisotopic (exact) mass is 437 g/mol. The van der Waals surface area contributed by atoms with Crippen LogP contribution in [-0.4, -0.2) is 67.2 Å². The smallest absolute Gasteiger partial charge is 0.337 e. The van der Waals surface area contributed by atoms with Crippen LogP contribution in [0.5, 0.6) is 0 Å². The Morgan fingerprint density at radius 2 is 2.03 bits per heavy atom. The summed E-state index contributed by atoms with van der Waals surface area (Å²) in [5.74, 6) is -0.456. The lowest BCUT2D eigenvalue weighted by Crippen LogP contribution is -2.53. The largest absolute Gasteiger partial charge is 0.463 e. The Labute approximate surface area is 178 Å². The van der Waals surface area contributed by atoms with Crippen LogP contribution in [0.3, 0.4) is 0 Å². The van der Waals surface area contributed by atoms with E-state index in [-0.39, 0.29) is 18.3 Å². The number of hydrogen-bond donors (Lipinski definition) is 2. The maximum absolute atomic E-state index is 12.4. The zero-order valence-corrected chi connectivity index (χ0v) is 17.6. The molecule has 1 unspecified atom stereocenters. The van der Waals surface area contributed by atoms with Crippen molar-refractivity contribution in [2.45, 2.75) is 19.9 Å². The standard InChI is InChI=1S/C19H24ClN5O5/c1-3-30-18(26)17-12(2)21-19(27)22-14(17)11-23-6-8-24(9-7-23)15-5-4-13(20)10-16(15)25(28)29/h4-5,10,12H,3,6-9,11H2,1-2H3,(H2,21,22,27). The number of carbonyl (C=O) groups is 2. The van der Waals surface area contributed by atoms with Crippen molar-refractivity contribution in [3.05, 3.63) is 44.6 Å². The number of urea groups is 1. The van der Waals surface area contributed by atoms with Crippen molar-refractivity contribution >= 4 is 35.0 Å². The van der Waals surface area contributed by atoms with Crippen LogP contribution < -0.4 is 15.5 Å². The SMILES string of the molecule is CCOC(=O)C1=C(CN2CCN(c3ccc(Cl)cc3[N+](=O)[O-])CC2)NC(=O)NC1C.